The van der Waals surface area contributed by atoms with Crippen molar-refractivity contribution >= 4 is 39.1 Å². The summed E-state index contributed by atoms with van der Waals surface area (Å²) in [7, 11) is 0. The molecule has 1 aromatic heterocycles. The third kappa shape index (κ3) is 9.57. The molecule has 1 unspecified atom stereocenters. The van der Waals surface area contributed by atoms with Crippen molar-refractivity contribution in [1.29, 1.82) is 0 Å². The number of carbonyl (C=O) groups excluding carboxylic acids is 1. The van der Waals surface area contributed by atoms with E-state index in [2.05, 4.69) is 88.2 Å². The van der Waals surface area contributed by atoms with E-state index in [-0.39, 0.29) is 5.75 Å². The number of hydrogen-bond acceptors (Lipinski definition) is 4. The predicted molar refractivity (Wildman–Crippen MR) is 230 cm³/mol. The van der Waals surface area contributed by atoms with Gasteiger partial charge in [0.25, 0.3) is 0 Å². The lowest BCUT2D eigenvalue weighted by Crippen LogP contribution is -2.33. The first-order valence-electron chi connectivity index (χ1n) is 20.3. The summed E-state index contributed by atoms with van der Waals surface area (Å²) in [6.07, 6.45) is 5.01. The smallest absolute Gasteiger partial charge is 0.340 e. The summed E-state index contributed by atoms with van der Waals surface area (Å²) in [5.41, 5.74) is 13.1. The van der Waals surface area contributed by atoms with Crippen LogP contribution in [-0.2, 0) is 29.0 Å². The third-order valence-electron chi connectivity index (χ3n) is 11.0. The molecule has 5 aromatic rings. The summed E-state index contributed by atoms with van der Waals surface area (Å²) in [4.78, 5) is 17.3. The molecule has 0 amide bonds. The average molecular weight is 797 g/mol. The highest BCUT2D eigenvalue weighted by atomic mass is 19.3. The number of rotatable bonds is 19. The summed E-state index contributed by atoms with van der Waals surface area (Å²) in [6.45, 7) is 22.6. The molecular weight excluding hydrogens is 741 g/mol. The first-order valence-corrected chi connectivity index (χ1v) is 20.3. The Morgan fingerprint density at radius 1 is 0.931 bits per heavy atom. The van der Waals surface area contributed by atoms with Crippen LogP contribution in [0.3, 0.4) is 0 Å². The fourth-order valence-corrected chi connectivity index (χ4v) is 8.21. The van der Waals surface area contributed by atoms with E-state index in [1.165, 1.54) is 52.4 Å². The number of halogens is 4. The number of oxime groups is 1. The highest BCUT2D eigenvalue weighted by Gasteiger charge is 2.41. The highest BCUT2D eigenvalue weighted by Crippen LogP contribution is 2.41. The monoisotopic (exact) mass is 796 g/mol. The lowest BCUT2D eigenvalue weighted by Gasteiger charge is -2.23. The van der Waals surface area contributed by atoms with E-state index in [0.29, 0.717) is 22.8 Å². The number of aromatic nitrogens is 1. The number of carbonyl (C=O) groups is 1. The minimum absolute atomic E-state index is 0.0193. The van der Waals surface area contributed by atoms with Gasteiger partial charge in [-0.05, 0) is 134 Å². The minimum atomic E-state index is -4.30. The summed E-state index contributed by atoms with van der Waals surface area (Å²) in [6, 6.07) is 18.8. The van der Waals surface area contributed by atoms with Gasteiger partial charge in [-0.3, -0.25) is 0 Å². The number of ether oxygens (including phenoxy) is 1. The molecule has 0 aliphatic heterocycles. The van der Waals surface area contributed by atoms with E-state index in [1.807, 2.05) is 12.1 Å². The molecule has 0 saturated heterocycles. The number of alkyl halides is 4. The molecule has 0 aliphatic carbocycles. The van der Waals surface area contributed by atoms with Crippen LogP contribution in [0.2, 0.25) is 0 Å². The highest BCUT2D eigenvalue weighted by molar-refractivity contribution is 6.17. The van der Waals surface area contributed by atoms with Gasteiger partial charge in [-0.25, -0.2) is 13.6 Å². The van der Waals surface area contributed by atoms with Crippen LogP contribution in [0.1, 0.15) is 110 Å². The number of fused-ring (bicyclic) bond motifs is 3. The molecule has 5 rings (SSSR count). The minimum Gasteiger partial charge on any atom is -0.487 e. The molecule has 9 heteroatoms. The maximum atomic E-state index is 13.6. The molecule has 58 heavy (non-hydrogen) atoms. The number of allylic oxidation sites excluding steroid dienone is 1. The van der Waals surface area contributed by atoms with Crippen LogP contribution >= 0.6 is 0 Å². The molecule has 1 heterocycles. The fraction of sp³-hybridized carbons (Fsp3) is 0.388. The topological polar surface area (TPSA) is 52.8 Å². The Kier molecular flexibility index (Phi) is 14.4. The van der Waals surface area contributed by atoms with Crippen LogP contribution < -0.4 is 4.74 Å². The largest absolute Gasteiger partial charge is 0.487 e. The van der Waals surface area contributed by atoms with E-state index < -0.39 is 24.9 Å². The van der Waals surface area contributed by atoms with Gasteiger partial charge >= 0.3 is 18.3 Å². The van der Waals surface area contributed by atoms with Crippen molar-refractivity contribution in [3.8, 4) is 5.75 Å². The van der Waals surface area contributed by atoms with Crippen LogP contribution in [0.25, 0.3) is 27.4 Å². The molecule has 0 radical (unpaired) electrons. The second-order valence-electron chi connectivity index (χ2n) is 15.4. The zero-order chi connectivity index (χ0) is 42.3. The fourth-order valence-electron chi connectivity index (χ4n) is 8.21. The van der Waals surface area contributed by atoms with Crippen LogP contribution in [0.4, 0.5) is 17.6 Å². The molecule has 0 aliphatic rings. The van der Waals surface area contributed by atoms with Gasteiger partial charge in [-0.15, -0.1) is 6.58 Å². The van der Waals surface area contributed by atoms with Crippen LogP contribution in [0.5, 0.6) is 5.75 Å². The second-order valence-corrected chi connectivity index (χ2v) is 15.4. The maximum absolute atomic E-state index is 13.6. The maximum Gasteiger partial charge on any atom is 0.340 e. The lowest BCUT2D eigenvalue weighted by atomic mass is 9.84. The van der Waals surface area contributed by atoms with Gasteiger partial charge in [-0.2, -0.15) is 8.78 Å². The third-order valence-corrected chi connectivity index (χ3v) is 11.0. The van der Waals surface area contributed by atoms with Crippen molar-refractivity contribution in [2.75, 3.05) is 6.61 Å². The van der Waals surface area contributed by atoms with Crippen molar-refractivity contribution in [3.63, 3.8) is 0 Å². The van der Waals surface area contributed by atoms with Gasteiger partial charge in [0.1, 0.15) is 11.5 Å². The molecule has 0 saturated carbocycles. The van der Waals surface area contributed by atoms with Crippen LogP contribution in [0, 0.1) is 26.7 Å². The zero-order valence-corrected chi connectivity index (χ0v) is 34.9. The van der Waals surface area contributed by atoms with Gasteiger partial charge in [0.2, 0.25) is 0 Å². The standard InChI is InChI=1S/C49H56F4N2O3/c1-10-14-16-35(12-3)28-55-44-23-20-37(46(54-58-34(9)56)36-18-21-38(22-19-36)57-29-49(52,53)48(50)51)26-42(44)43-27-41(40(17-15-11-2)39(13-4)47(43)55)33(8)45-31(6)24-30(5)25-32(45)7/h11,18-27,35,48H,2,8,10,12-17,28-29H2,1,3-7,9H3/b54-46-. The summed E-state index contributed by atoms with van der Waals surface area (Å²) in [5.74, 6) is -4.47. The van der Waals surface area contributed by atoms with Crippen molar-refractivity contribution in [2.45, 2.75) is 112 Å². The van der Waals surface area contributed by atoms with Crippen molar-refractivity contribution < 1.29 is 31.9 Å². The zero-order valence-electron chi connectivity index (χ0n) is 34.9. The van der Waals surface area contributed by atoms with Gasteiger partial charge in [-0.1, -0.05) is 81.6 Å². The molecule has 0 fully saturated rings. The summed E-state index contributed by atoms with van der Waals surface area (Å²) >= 11 is 0. The Balaban J connectivity index is 1.78. The number of aryl methyl sites for hydroxylation is 4. The van der Waals surface area contributed by atoms with Crippen molar-refractivity contribution in [1.82, 2.24) is 4.57 Å². The molecule has 1 atom stereocenters. The van der Waals surface area contributed by atoms with Gasteiger partial charge in [0.15, 0.2) is 6.61 Å². The van der Waals surface area contributed by atoms with Crippen LogP contribution in [0.15, 0.2) is 85.1 Å². The Bertz CT molecular complexity index is 2300. The molecular formula is C49H56F4N2O3. The number of nitrogens with zero attached hydrogens (tertiary/aromatic N) is 2. The van der Waals surface area contributed by atoms with E-state index in [1.54, 1.807) is 12.1 Å². The molecule has 308 valence electrons. The Morgan fingerprint density at radius 2 is 1.60 bits per heavy atom. The normalized spacial score (nSPS) is 12.7. The lowest BCUT2D eigenvalue weighted by molar-refractivity contribution is -0.148. The van der Waals surface area contributed by atoms with Crippen molar-refractivity contribution in [2.24, 2.45) is 11.1 Å². The SMILES string of the molecule is C=CCCc1c(C(=C)c2c(C)cc(C)cc2C)cc2c3cc(/C(=N\OC(C)=O)c4ccc(OCC(F)(F)C(F)F)cc4)ccc3n(CC(CC)CCCC)c2c1CC. The number of benzene rings is 4. The summed E-state index contributed by atoms with van der Waals surface area (Å²) in [5, 5.41) is 6.34. The first-order chi connectivity index (χ1) is 27.6. The molecule has 0 spiro atoms. The number of hydrogen-bond donors (Lipinski definition) is 0. The molecule has 0 bridgehead atoms. The van der Waals surface area contributed by atoms with E-state index in [9.17, 15) is 22.4 Å². The average Bonchev–Trinajstić information content (AvgIpc) is 3.48. The van der Waals surface area contributed by atoms with Crippen molar-refractivity contribution in [3.05, 3.63) is 130 Å². The van der Waals surface area contributed by atoms with E-state index in [0.717, 1.165) is 84.5 Å². The van der Waals surface area contributed by atoms with E-state index in [4.69, 9.17) is 16.2 Å². The molecule has 0 N–H and O–H groups in total. The van der Waals surface area contributed by atoms with Gasteiger partial charge in [0.05, 0.1) is 5.52 Å². The second kappa shape index (κ2) is 19.0. The first kappa shape index (κ1) is 43.9. The quantitative estimate of drug-likeness (QED) is 0.0275. The Morgan fingerprint density at radius 3 is 2.19 bits per heavy atom. The molecule has 4 aromatic carbocycles. The van der Waals surface area contributed by atoms with Gasteiger partial charge in [0, 0.05) is 40.9 Å². The van der Waals surface area contributed by atoms with Crippen LogP contribution in [-0.4, -0.2) is 35.2 Å². The predicted octanol–water partition coefficient (Wildman–Crippen LogP) is 13.3. The Hall–Kier alpha value is -5.18. The number of unbranched alkanes of at least 4 members (excludes halogenated alkanes) is 1. The van der Waals surface area contributed by atoms with E-state index >= 15 is 0 Å². The molecule has 5 nitrogen and oxygen atoms in total. The summed E-state index contributed by atoms with van der Waals surface area (Å²) < 4.78 is 60.2. The van der Waals surface area contributed by atoms with Gasteiger partial charge < -0.3 is 14.1 Å². The Labute approximate surface area is 340 Å².